The number of cyclic esters (lactones) is 1. The van der Waals surface area contributed by atoms with E-state index in [0.29, 0.717) is 12.3 Å². The van der Waals surface area contributed by atoms with Crippen LogP contribution in [0.3, 0.4) is 0 Å². The van der Waals surface area contributed by atoms with Gasteiger partial charge in [0.25, 0.3) is 0 Å². The van der Waals surface area contributed by atoms with Gasteiger partial charge in [-0.05, 0) is 21.0 Å². The van der Waals surface area contributed by atoms with Gasteiger partial charge in [0.05, 0.1) is 0 Å². The van der Waals surface area contributed by atoms with E-state index in [1.165, 1.54) is 6.08 Å². The van der Waals surface area contributed by atoms with E-state index in [0.717, 1.165) is 0 Å². The summed E-state index contributed by atoms with van der Waals surface area (Å²) in [4.78, 5) is 24.5. The van der Waals surface area contributed by atoms with Gasteiger partial charge >= 0.3 is 5.97 Å². The number of nitrogens with zero attached hydrogens (tertiary/aromatic N) is 1. The predicted octanol–water partition coefficient (Wildman–Crippen LogP) is 0.504. The van der Waals surface area contributed by atoms with Crippen LogP contribution < -0.4 is 0 Å². The second-order valence-electron chi connectivity index (χ2n) is 3.39. The number of hydrogen-bond acceptors (Lipinski definition) is 4. The minimum Gasteiger partial charge on any atom is -0.428 e. The quantitative estimate of drug-likeness (QED) is 0.366. The standard InChI is InChI=1S/C10H13NO3/c1-7-6-9(12)8(10(13)14-7)4-5-11(2)3/h4,6H,5H2,1-3H3/b8-4-. The van der Waals surface area contributed by atoms with E-state index in [2.05, 4.69) is 0 Å². The van der Waals surface area contributed by atoms with Gasteiger partial charge in [0.15, 0.2) is 5.78 Å². The van der Waals surface area contributed by atoms with Crippen molar-refractivity contribution in [3.05, 3.63) is 23.5 Å². The zero-order chi connectivity index (χ0) is 10.7. The molecule has 0 radical (unpaired) electrons. The smallest absolute Gasteiger partial charge is 0.346 e. The first-order valence-electron chi connectivity index (χ1n) is 4.30. The van der Waals surface area contributed by atoms with E-state index < -0.39 is 5.97 Å². The van der Waals surface area contributed by atoms with Crippen molar-refractivity contribution in [1.29, 1.82) is 0 Å². The largest absolute Gasteiger partial charge is 0.428 e. The van der Waals surface area contributed by atoms with E-state index in [9.17, 15) is 9.59 Å². The van der Waals surface area contributed by atoms with Gasteiger partial charge in [0.2, 0.25) is 0 Å². The van der Waals surface area contributed by atoms with Crippen LogP contribution >= 0.6 is 0 Å². The third-order valence-corrected chi connectivity index (χ3v) is 1.73. The zero-order valence-corrected chi connectivity index (χ0v) is 8.53. The van der Waals surface area contributed by atoms with Gasteiger partial charge in [0.1, 0.15) is 11.3 Å². The van der Waals surface area contributed by atoms with Crippen LogP contribution in [0.15, 0.2) is 23.5 Å². The number of carbonyl (C=O) groups is 2. The number of esters is 1. The topological polar surface area (TPSA) is 46.6 Å². The predicted molar refractivity (Wildman–Crippen MR) is 51.5 cm³/mol. The highest BCUT2D eigenvalue weighted by Gasteiger charge is 2.23. The zero-order valence-electron chi connectivity index (χ0n) is 8.53. The second kappa shape index (κ2) is 4.19. The first-order chi connectivity index (χ1) is 6.50. The summed E-state index contributed by atoms with van der Waals surface area (Å²) >= 11 is 0. The molecule has 1 rings (SSSR count). The Kier molecular flexibility index (Phi) is 3.19. The average molecular weight is 195 g/mol. The summed E-state index contributed by atoms with van der Waals surface area (Å²) in [6, 6.07) is 0. The maximum absolute atomic E-state index is 11.4. The van der Waals surface area contributed by atoms with Crippen molar-refractivity contribution in [1.82, 2.24) is 4.90 Å². The maximum Gasteiger partial charge on any atom is 0.346 e. The second-order valence-corrected chi connectivity index (χ2v) is 3.39. The Hall–Kier alpha value is -1.42. The van der Waals surface area contributed by atoms with Crippen molar-refractivity contribution in [2.24, 2.45) is 0 Å². The molecule has 0 fully saturated rings. The van der Waals surface area contributed by atoms with Gasteiger partial charge in [0, 0.05) is 12.6 Å². The monoisotopic (exact) mass is 195 g/mol. The van der Waals surface area contributed by atoms with Crippen molar-refractivity contribution in [2.75, 3.05) is 20.6 Å². The molecule has 1 heterocycles. The Morgan fingerprint density at radius 2 is 2.07 bits per heavy atom. The van der Waals surface area contributed by atoms with Gasteiger partial charge < -0.3 is 9.64 Å². The lowest BCUT2D eigenvalue weighted by atomic mass is 10.1. The van der Waals surface area contributed by atoms with E-state index in [1.54, 1.807) is 13.0 Å². The molecule has 4 heteroatoms. The lowest BCUT2D eigenvalue weighted by molar-refractivity contribution is -0.137. The van der Waals surface area contributed by atoms with Crippen LogP contribution in [0.4, 0.5) is 0 Å². The van der Waals surface area contributed by atoms with Crippen LogP contribution in [0.25, 0.3) is 0 Å². The van der Waals surface area contributed by atoms with Crippen molar-refractivity contribution in [3.8, 4) is 0 Å². The number of rotatable bonds is 2. The highest BCUT2D eigenvalue weighted by molar-refractivity contribution is 6.23. The van der Waals surface area contributed by atoms with Crippen molar-refractivity contribution >= 4 is 11.8 Å². The van der Waals surface area contributed by atoms with Gasteiger partial charge in [-0.3, -0.25) is 4.79 Å². The fourth-order valence-corrected chi connectivity index (χ4v) is 1.05. The summed E-state index contributed by atoms with van der Waals surface area (Å²) in [6.45, 7) is 2.13. The maximum atomic E-state index is 11.4. The van der Waals surface area contributed by atoms with Gasteiger partial charge in [-0.2, -0.15) is 0 Å². The first-order valence-corrected chi connectivity index (χ1v) is 4.30. The summed E-state index contributed by atoms with van der Waals surface area (Å²) < 4.78 is 4.82. The number of allylic oxidation sites excluding steroid dienone is 2. The fourth-order valence-electron chi connectivity index (χ4n) is 1.05. The molecule has 0 aromatic carbocycles. The van der Waals surface area contributed by atoms with Gasteiger partial charge in [-0.1, -0.05) is 6.08 Å². The van der Waals surface area contributed by atoms with E-state index in [-0.39, 0.29) is 11.4 Å². The van der Waals surface area contributed by atoms with Crippen LogP contribution in [0.2, 0.25) is 0 Å². The lowest BCUT2D eigenvalue weighted by Gasteiger charge is -2.12. The van der Waals surface area contributed by atoms with Crippen molar-refractivity contribution in [2.45, 2.75) is 6.92 Å². The van der Waals surface area contributed by atoms with Crippen LogP contribution in [-0.2, 0) is 14.3 Å². The summed E-state index contributed by atoms with van der Waals surface area (Å²) in [5.74, 6) is -0.487. The molecule has 0 aromatic rings. The molecule has 1 aliphatic rings. The Morgan fingerprint density at radius 3 is 2.57 bits per heavy atom. The lowest BCUT2D eigenvalue weighted by Crippen LogP contribution is -2.21. The van der Waals surface area contributed by atoms with Crippen LogP contribution in [0.5, 0.6) is 0 Å². The Bertz CT molecular complexity index is 326. The molecule has 0 saturated heterocycles. The normalized spacial score (nSPS) is 20.0. The molecule has 0 amide bonds. The number of ether oxygens (including phenoxy) is 1. The summed E-state index contributed by atoms with van der Waals surface area (Å²) in [7, 11) is 3.72. The highest BCUT2D eigenvalue weighted by atomic mass is 16.5. The third kappa shape index (κ3) is 2.53. The molecule has 0 aromatic heterocycles. The van der Waals surface area contributed by atoms with Crippen LogP contribution in [0, 0.1) is 0 Å². The number of likely N-dealkylation sites (N-methyl/N-ethyl adjacent to an activating group) is 1. The molecule has 76 valence electrons. The summed E-state index contributed by atoms with van der Waals surface area (Å²) in [5.41, 5.74) is 0.115. The minimum absolute atomic E-state index is 0.115. The van der Waals surface area contributed by atoms with Crippen LogP contribution in [0.1, 0.15) is 6.92 Å². The first kappa shape index (κ1) is 10.7. The SMILES string of the molecule is CC1=CC(=O)/C(=C/CN(C)C)C(=O)O1. The molecular weight excluding hydrogens is 182 g/mol. The average Bonchev–Trinajstić information content (AvgIpc) is 2.01. The Morgan fingerprint density at radius 1 is 1.43 bits per heavy atom. The number of carbonyl (C=O) groups excluding carboxylic acids is 2. The highest BCUT2D eigenvalue weighted by Crippen LogP contribution is 2.13. The molecule has 14 heavy (non-hydrogen) atoms. The molecule has 1 aliphatic heterocycles. The van der Waals surface area contributed by atoms with Crippen molar-refractivity contribution < 1.29 is 14.3 Å². The Balaban J connectivity index is 2.84. The molecule has 0 aliphatic carbocycles. The number of ketones is 1. The molecule has 4 nitrogen and oxygen atoms in total. The van der Waals surface area contributed by atoms with Gasteiger partial charge in [-0.25, -0.2) is 4.79 Å². The molecule has 0 unspecified atom stereocenters. The van der Waals surface area contributed by atoms with Crippen LogP contribution in [-0.4, -0.2) is 37.3 Å². The molecular formula is C10H13NO3. The fraction of sp³-hybridized carbons (Fsp3) is 0.400. The van der Waals surface area contributed by atoms with E-state index in [1.807, 2.05) is 19.0 Å². The summed E-state index contributed by atoms with van der Waals surface area (Å²) in [6.07, 6.45) is 2.90. The summed E-state index contributed by atoms with van der Waals surface area (Å²) in [5, 5.41) is 0. The molecule has 0 bridgehead atoms. The van der Waals surface area contributed by atoms with E-state index in [4.69, 9.17) is 4.74 Å². The molecule has 0 spiro atoms. The Labute approximate surface area is 82.8 Å². The minimum atomic E-state index is -0.558. The number of hydrogen-bond donors (Lipinski definition) is 0. The van der Waals surface area contributed by atoms with Gasteiger partial charge in [-0.15, -0.1) is 0 Å². The molecule has 0 atom stereocenters. The third-order valence-electron chi connectivity index (χ3n) is 1.73. The van der Waals surface area contributed by atoms with E-state index >= 15 is 0 Å². The van der Waals surface area contributed by atoms with Crippen molar-refractivity contribution in [3.63, 3.8) is 0 Å². The molecule has 0 saturated carbocycles. The molecule has 0 N–H and O–H groups in total.